The average Bonchev–Trinajstić information content (AvgIpc) is 2.80. The molecule has 0 aromatic carbocycles. The van der Waals surface area contributed by atoms with E-state index >= 15 is 0 Å². The fourth-order valence-electron chi connectivity index (χ4n) is 0.958. The molecular formula is C9H7N3O3S. The third-order valence-corrected chi connectivity index (χ3v) is 2.33. The molecule has 2 aromatic rings. The van der Waals surface area contributed by atoms with E-state index in [1.165, 1.54) is 17.5 Å². The number of hydrogen-bond donors (Lipinski definition) is 1. The normalized spacial score (nSPS) is 10.0. The second-order valence-electron chi connectivity index (χ2n) is 2.81. The van der Waals surface area contributed by atoms with Gasteiger partial charge in [-0.1, -0.05) is 0 Å². The maximum absolute atomic E-state index is 10.5. The Kier molecular flexibility index (Phi) is 3.06. The zero-order chi connectivity index (χ0) is 11.4. The predicted molar refractivity (Wildman–Crippen MR) is 55.4 cm³/mol. The molecule has 2 rings (SSSR count). The summed E-state index contributed by atoms with van der Waals surface area (Å²) in [5.41, 5.74) is 2.40. The second-order valence-corrected chi connectivity index (χ2v) is 3.53. The highest BCUT2D eigenvalue weighted by Gasteiger charge is 2.05. The van der Waals surface area contributed by atoms with E-state index in [0.717, 1.165) is 11.9 Å². The number of carboxylic acids is 1. The molecule has 0 radical (unpaired) electrons. The van der Waals surface area contributed by atoms with Gasteiger partial charge in [0.15, 0.2) is 5.69 Å². The lowest BCUT2D eigenvalue weighted by Crippen LogP contribution is -2.03. The molecule has 0 saturated carbocycles. The topological polar surface area (TPSA) is 85.2 Å². The van der Waals surface area contributed by atoms with Crippen LogP contribution in [0.15, 0.2) is 23.3 Å². The summed E-state index contributed by atoms with van der Waals surface area (Å²) >= 11 is 1.48. The number of carbonyl (C=O) groups is 1. The van der Waals surface area contributed by atoms with E-state index in [4.69, 9.17) is 9.84 Å². The van der Waals surface area contributed by atoms with Crippen molar-refractivity contribution < 1.29 is 14.6 Å². The Hall–Kier alpha value is -2.02. The van der Waals surface area contributed by atoms with Gasteiger partial charge < -0.3 is 9.84 Å². The molecule has 0 atom stereocenters. The van der Waals surface area contributed by atoms with E-state index in [-0.39, 0.29) is 11.6 Å². The Morgan fingerprint density at radius 1 is 1.38 bits per heavy atom. The lowest BCUT2D eigenvalue weighted by molar-refractivity contribution is 0.0689. The summed E-state index contributed by atoms with van der Waals surface area (Å²) < 4.78 is 5.26. The van der Waals surface area contributed by atoms with Crippen molar-refractivity contribution >= 4 is 17.3 Å². The molecule has 0 unspecified atom stereocenters. The summed E-state index contributed by atoms with van der Waals surface area (Å²) in [6.45, 7) is 0.296. The monoisotopic (exact) mass is 237 g/mol. The first-order chi connectivity index (χ1) is 7.75. The van der Waals surface area contributed by atoms with Gasteiger partial charge in [-0.25, -0.2) is 19.7 Å². The van der Waals surface area contributed by atoms with Crippen LogP contribution in [0.4, 0.5) is 0 Å². The van der Waals surface area contributed by atoms with Crippen molar-refractivity contribution in [2.45, 2.75) is 6.61 Å². The minimum absolute atomic E-state index is 0.110. The second kappa shape index (κ2) is 4.67. The lowest BCUT2D eigenvalue weighted by atomic mass is 10.5. The van der Waals surface area contributed by atoms with Gasteiger partial charge in [0.05, 0.1) is 23.6 Å². The first-order valence-corrected chi connectivity index (χ1v) is 5.25. The van der Waals surface area contributed by atoms with Gasteiger partial charge in [-0.3, -0.25) is 0 Å². The van der Waals surface area contributed by atoms with E-state index in [1.807, 2.05) is 5.38 Å². The minimum Gasteiger partial charge on any atom is -0.476 e. The maximum atomic E-state index is 10.5. The minimum atomic E-state index is -1.11. The number of aromatic nitrogens is 3. The molecule has 7 heteroatoms. The van der Waals surface area contributed by atoms with Gasteiger partial charge in [-0.2, -0.15) is 0 Å². The lowest BCUT2D eigenvalue weighted by Gasteiger charge is -2.02. The van der Waals surface area contributed by atoms with E-state index in [0.29, 0.717) is 6.61 Å². The van der Waals surface area contributed by atoms with E-state index in [2.05, 4.69) is 15.0 Å². The molecule has 16 heavy (non-hydrogen) atoms. The standard InChI is InChI=1S/C9H7N3O3S/c13-9(14)7-1-11-8(2-10-7)15-3-6-4-16-5-12-6/h1-2,4-5H,3H2,(H,13,14). The van der Waals surface area contributed by atoms with Gasteiger partial charge in [0.1, 0.15) is 6.61 Å². The summed E-state index contributed by atoms with van der Waals surface area (Å²) in [6.07, 6.45) is 2.43. The van der Waals surface area contributed by atoms with Crippen molar-refractivity contribution in [3.05, 3.63) is 34.7 Å². The van der Waals surface area contributed by atoms with Crippen LogP contribution >= 0.6 is 11.3 Å². The smallest absolute Gasteiger partial charge is 0.356 e. The van der Waals surface area contributed by atoms with Crippen LogP contribution in [-0.4, -0.2) is 26.0 Å². The highest BCUT2D eigenvalue weighted by molar-refractivity contribution is 7.07. The van der Waals surface area contributed by atoms with Crippen LogP contribution in [0.3, 0.4) is 0 Å². The predicted octanol–water partition coefficient (Wildman–Crippen LogP) is 1.21. The molecule has 0 aliphatic rings. The van der Waals surface area contributed by atoms with E-state index in [9.17, 15) is 4.79 Å². The summed E-state index contributed by atoms with van der Waals surface area (Å²) in [6, 6.07) is 0. The van der Waals surface area contributed by atoms with Gasteiger partial charge >= 0.3 is 5.97 Å². The summed E-state index contributed by atoms with van der Waals surface area (Å²) in [4.78, 5) is 22.0. The van der Waals surface area contributed by atoms with Crippen LogP contribution in [0.25, 0.3) is 0 Å². The van der Waals surface area contributed by atoms with Crippen molar-refractivity contribution in [2.75, 3.05) is 0 Å². The van der Waals surface area contributed by atoms with Crippen LogP contribution in [-0.2, 0) is 6.61 Å². The Bertz CT molecular complexity index is 469. The summed E-state index contributed by atoms with van der Waals surface area (Å²) in [7, 11) is 0. The van der Waals surface area contributed by atoms with Gasteiger partial charge in [0.25, 0.3) is 0 Å². The van der Waals surface area contributed by atoms with Crippen LogP contribution in [0, 0.1) is 0 Å². The highest BCUT2D eigenvalue weighted by Crippen LogP contribution is 2.08. The highest BCUT2D eigenvalue weighted by atomic mass is 32.1. The number of hydrogen-bond acceptors (Lipinski definition) is 6. The third-order valence-electron chi connectivity index (χ3n) is 1.70. The van der Waals surface area contributed by atoms with E-state index < -0.39 is 5.97 Å². The molecule has 0 saturated heterocycles. The molecule has 1 N–H and O–H groups in total. The van der Waals surface area contributed by atoms with E-state index in [1.54, 1.807) is 5.51 Å². The molecule has 0 amide bonds. The first-order valence-electron chi connectivity index (χ1n) is 4.31. The van der Waals surface area contributed by atoms with Crippen LogP contribution < -0.4 is 4.74 Å². The van der Waals surface area contributed by atoms with Gasteiger partial charge in [-0.05, 0) is 0 Å². The summed E-state index contributed by atoms with van der Waals surface area (Å²) in [5, 5.41) is 10.5. The number of ether oxygens (including phenoxy) is 1. The molecule has 0 aliphatic carbocycles. The van der Waals surface area contributed by atoms with Crippen molar-refractivity contribution in [1.82, 2.24) is 15.0 Å². The third kappa shape index (κ3) is 2.51. The average molecular weight is 237 g/mol. The van der Waals surface area contributed by atoms with Crippen LogP contribution in [0.5, 0.6) is 5.88 Å². The van der Waals surface area contributed by atoms with Crippen molar-refractivity contribution in [1.29, 1.82) is 0 Å². The molecule has 82 valence electrons. The fourth-order valence-corrected chi connectivity index (χ4v) is 1.50. The number of rotatable bonds is 4. The van der Waals surface area contributed by atoms with Crippen LogP contribution in [0.1, 0.15) is 16.2 Å². The van der Waals surface area contributed by atoms with Crippen LogP contribution in [0.2, 0.25) is 0 Å². The maximum Gasteiger partial charge on any atom is 0.356 e. The zero-order valence-electron chi connectivity index (χ0n) is 8.03. The molecule has 0 bridgehead atoms. The Labute approximate surface area is 94.6 Å². The molecule has 0 fully saturated rings. The Morgan fingerprint density at radius 2 is 2.25 bits per heavy atom. The van der Waals surface area contributed by atoms with Gasteiger partial charge in [0.2, 0.25) is 5.88 Å². The molecule has 0 spiro atoms. The van der Waals surface area contributed by atoms with Gasteiger partial charge in [0, 0.05) is 5.38 Å². The molecule has 2 heterocycles. The van der Waals surface area contributed by atoms with Gasteiger partial charge in [-0.15, -0.1) is 11.3 Å². The molecule has 6 nitrogen and oxygen atoms in total. The number of nitrogens with zero attached hydrogens (tertiary/aromatic N) is 3. The SMILES string of the molecule is O=C(O)c1cnc(OCc2cscn2)cn1. The molecule has 0 aliphatic heterocycles. The van der Waals surface area contributed by atoms with Crippen molar-refractivity contribution in [3.8, 4) is 5.88 Å². The first kappa shape index (κ1) is 10.5. The molecule has 2 aromatic heterocycles. The quantitative estimate of drug-likeness (QED) is 0.860. The Balaban J connectivity index is 1.98. The largest absolute Gasteiger partial charge is 0.476 e. The Morgan fingerprint density at radius 3 is 2.81 bits per heavy atom. The van der Waals surface area contributed by atoms with Crippen molar-refractivity contribution in [3.63, 3.8) is 0 Å². The number of carboxylic acid groups (broad SMARTS) is 1. The summed E-state index contributed by atoms with van der Waals surface area (Å²) in [5.74, 6) is -0.837. The number of thiazole rings is 1. The molecular weight excluding hydrogens is 230 g/mol. The number of aromatic carboxylic acids is 1. The zero-order valence-corrected chi connectivity index (χ0v) is 8.85. The van der Waals surface area contributed by atoms with Crippen molar-refractivity contribution in [2.24, 2.45) is 0 Å². The fraction of sp³-hybridized carbons (Fsp3) is 0.111.